The Bertz CT molecular complexity index is 1230. The van der Waals surface area contributed by atoms with Crippen LogP contribution < -0.4 is 0 Å². The van der Waals surface area contributed by atoms with Crippen molar-refractivity contribution in [1.29, 1.82) is 0 Å². The summed E-state index contributed by atoms with van der Waals surface area (Å²) in [5.41, 5.74) is 0. The molecule has 0 unspecified atom stereocenters. The van der Waals surface area contributed by atoms with E-state index in [1.54, 1.807) is 141 Å². The van der Waals surface area contributed by atoms with Crippen molar-refractivity contribution < 1.29 is 0 Å². The van der Waals surface area contributed by atoms with Crippen molar-refractivity contribution in [3.8, 4) is 0 Å². The summed E-state index contributed by atoms with van der Waals surface area (Å²) in [5, 5.41) is 19.4. The van der Waals surface area contributed by atoms with Crippen molar-refractivity contribution in [2.45, 2.75) is 0 Å². The Morgan fingerprint density at radius 2 is 0.611 bits per heavy atom. The minimum atomic E-state index is 0.752. The van der Waals surface area contributed by atoms with Gasteiger partial charge in [0.25, 0.3) is 0 Å². The van der Waals surface area contributed by atoms with E-state index in [0.717, 1.165) is 32.2 Å². The van der Waals surface area contributed by atoms with Crippen molar-refractivity contribution >= 4 is 156 Å². The fraction of sp³-hybridized carbons (Fsp3) is 0. The van der Waals surface area contributed by atoms with Gasteiger partial charge in [0, 0.05) is 0 Å². The summed E-state index contributed by atoms with van der Waals surface area (Å²) >= 11 is 21.3. The van der Waals surface area contributed by atoms with Gasteiger partial charge in [-0.15, -0.1) is 0 Å². The van der Waals surface area contributed by atoms with Gasteiger partial charge in [-0.3, -0.25) is 0 Å². The smallest absolute Gasteiger partial charge is 0.171 e. The second-order valence-corrected chi connectivity index (χ2v) is 19.5. The maximum atomic E-state index is 4.98. The fourth-order valence-corrected chi connectivity index (χ4v) is 16.1. The molecule has 0 amide bonds. The molecule has 1 aromatic heterocycles. The highest BCUT2D eigenvalue weighted by atomic mass is 32.2. The average Bonchev–Trinajstić information content (AvgIpc) is 3.77. The lowest BCUT2D eigenvalue weighted by Gasteiger charge is -2.09. The molecule has 7 heterocycles. The van der Waals surface area contributed by atoms with Crippen molar-refractivity contribution in [3.63, 3.8) is 0 Å². The second kappa shape index (κ2) is 11.8. The van der Waals surface area contributed by atoms with Crippen LogP contribution in [0.5, 0.6) is 0 Å². The van der Waals surface area contributed by atoms with Gasteiger partial charge in [0.1, 0.15) is 0 Å². The molecular weight excluding hydrogens is 679 g/mol. The van der Waals surface area contributed by atoms with Gasteiger partial charge in [-0.2, -0.15) is 0 Å². The van der Waals surface area contributed by atoms with E-state index in [1.165, 1.54) is 25.4 Å². The molecule has 180 valence electrons. The highest BCUT2D eigenvalue weighted by Gasteiger charge is 2.28. The van der Waals surface area contributed by atoms with Gasteiger partial charge < -0.3 is 0 Å². The topological polar surface area (TPSA) is 38.7 Å². The third-order valence-electron chi connectivity index (χ3n) is 4.44. The number of aromatic nitrogens is 3. The first-order valence-corrected chi connectivity index (χ1v) is 20.3. The van der Waals surface area contributed by atoms with Crippen molar-refractivity contribution in [1.82, 2.24) is 15.0 Å². The molecule has 6 aliphatic rings. The van der Waals surface area contributed by atoms with Crippen LogP contribution in [0, 0.1) is 0 Å². The fourth-order valence-electron chi connectivity index (χ4n) is 2.95. The molecule has 0 fully saturated rings. The zero-order valence-electron chi connectivity index (χ0n) is 17.4. The second-order valence-electron chi connectivity index (χ2n) is 6.66. The summed E-state index contributed by atoms with van der Waals surface area (Å²) in [5.74, 6) is 2.26. The molecule has 0 saturated carbocycles. The molecule has 0 aromatic carbocycles. The number of hydrogen-bond donors (Lipinski definition) is 0. The summed E-state index contributed by atoms with van der Waals surface area (Å²) in [6.07, 6.45) is 0. The van der Waals surface area contributed by atoms with Crippen molar-refractivity contribution in [2.75, 3.05) is 0 Å². The molecule has 0 aliphatic carbocycles. The van der Waals surface area contributed by atoms with Crippen LogP contribution in [0.1, 0.15) is 17.5 Å². The highest BCUT2D eigenvalue weighted by molar-refractivity contribution is 8.36. The predicted molar refractivity (Wildman–Crippen MR) is 183 cm³/mol. The average molecular weight is 688 g/mol. The monoisotopic (exact) mass is 687 g/mol. The van der Waals surface area contributed by atoms with E-state index in [-0.39, 0.29) is 0 Å². The molecule has 0 saturated heterocycles. The SMILES string of the molecule is C1=CSC(=C2SC=C(c3nc(C4=CSC(=C5SC=CS5)S4)nc(C4=CSC(=C5SC=CS5)S4)n3)S2)S1. The van der Waals surface area contributed by atoms with E-state index >= 15 is 0 Å². The molecule has 7 rings (SSSR count). The number of nitrogens with zero attached hydrogens (tertiary/aromatic N) is 3. The van der Waals surface area contributed by atoms with Crippen LogP contribution in [0.3, 0.4) is 0 Å². The molecule has 6 aliphatic heterocycles. The number of hydrogen-bond acceptors (Lipinski definition) is 15. The third kappa shape index (κ3) is 5.55. The van der Waals surface area contributed by atoms with Crippen LogP contribution in [0.25, 0.3) is 14.7 Å². The lowest BCUT2D eigenvalue weighted by Crippen LogP contribution is -2.04. The third-order valence-corrected chi connectivity index (χ3v) is 19.5. The summed E-state index contributed by atoms with van der Waals surface area (Å²) in [7, 11) is 0. The van der Waals surface area contributed by atoms with Crippen LogP contribution >= 0.6 is 141 Å². The van der Waals surface area contributed by atoms with Crippen LogP contribution in [0.15, 0.2) is 74.1 Å². The lowest BCUT2D eigenvalue weighted by molar-refractivity contribution is 0.984. The van der Waals surface area contributed by atoms with E-state index in [9.17, 15) is 0 Å². The maximum absolute atomic E-state index is 4.98. The molecule has 0 spiro atoms. The van der Waals surface area contributed by atoms with Gasteiger partial charge in [-0.05, 0) is 48.7 Å². The molecular formula is C21H9N3S12. The minimum Gasteiger partial charge on any atom is -0.207 e. The summed E-state index contributed by atoms with van der Waals surface area (Å²) in [4.78, 5) is 18.2. The molecule has 3 nitrogen and oxygen atoms in total. The molecule has 1 aromatic rings. The Morgan fingerprint density at radius 1 is 0.333 bits per heavy atom. The van der Waals surface area contributed by atoms with Crippen LogP contribution in [0.2, 0.25) is 0 Å². The molecule has 0 bridgehead atoms. The summed E-state index contributed by atoms with van der Waals surface area (Å²) in [6.45, 7) is 0. The van der Waals surface area contributed by atoms with E-state index in [4.69, 9.17) is 15.0 Å². The number of thioether (sulfide) groups is 12. The molecule has 0 atom stereocenters. The van der Waals surface area contributed by atoms with E-state index < -0.39 is 0 Å². The van der Waals surface area contributed by atoms with Gasteiger partial charge in [0.05, 0.1) is 40.1 Å². The van der Waals surface area contributed by atoms with Gasteiger partial charge >= 0.3 is 0 Å². The van der Waals surface area contributed by atoms with E-state index in [2.05, 4.69) is 48.7 Å². The normalized spacial score (nSPS) is 23.2. The van der Waals surface area contributed by atoms with Gasteiger partial charge in [-0.1, -0.05) is 141 Å². The quantitative estimate of drug-likeness (QED) is 0.302. The van der Waals surface area contributed by atoms with Crippen molar-refractivity contribution in [3.05, 3.63) is 91.6 Å². The van der Waals surface area contributed by atoms with Gasteiger partial charge in [-0.25, -0.2) is 15.0 Å². The molecule has 15 heteroatoms. The zero-order valence-corrected chi connectivity index (χ0v) is 27.2. The molecule has 36 heavy (non-hydrogen) atoms. The largest absolute Gasteiger partial charge is 0.207 e. The number of rotatable bonds is 3. The van der Waals surface area contributed by atoms with Gasteiger partial charge in [0.2, 0.25) is 0 Å². The zero-order chi connectivity index (χ0) is 23.9. The predicted octanol–water partition coefficient (Wildman–Crippen LogP) is 11.4. The van der Waals surface area contributed by atoms with Crippen LogP contribution in [0.4, 0.5) is 0 Å². The van der Waals surface area contributed by atoms with Crippen LogP contribution in [-0.4, -0.2) is 15.0 Å². The maximum Gasteiger partial charge on any atom is 0.171 e. The van der Waals surface area contributed by atoms with Gasteiger partial charge in [0.15, 0.2) is 17.5 Å². The first-order valence-electron chi connectivity index (χ1n) is 9.89. The lowest BCUT2D eigenvalue weighted by atomic mass is 10.4. The van der Waals surface area contributed by atoms with E-state index in [1.807, 2.05) is 0 Å². The Morgan fingerprint density at radius 3 is 0.889 bits per heavy atom. The Labute approximate surface area is 259 Å². The first-order chi connectivity index (χ1) is 17.8. The Kier molecular flexibility index (Phi) is 8.44. The minimum absolute atomic E-state index is 0.752. The summed E-state index contributed by atoms with van der Waals surface area (Å²) in [6, 6.07) is 0. The Balaban J connectivity index is 1.21. The van der Waals surface area contributed by atoms with Crippen LogP contribution in [-0.2, 0) is 0 Å². The van der Waals surface area contributed by atoms with Crippen molar-refractivity contribution in [2.24, 2.45) is 0 Å². The summed E-state index contributed by atoms with van der Waals surface area (Å²) < 4.78 is 7.88. The molecule has 0 N–H and O–H groups in total. The highest BCUT2D eigenvalue weighted by Crippen LogP contribution is 2.58. The standard InChI is InChI=1S/C21H9N3S12/c1-2-26-16(25-1)19-31-7-10(34-19)13-22-14(11-8-32-20(35-11)17-27-3-4-28-17)24-15(23-13)12-9-33-21(36-12)18-29-5-6-30-18/h1-9H. The first kappa shape index (κ1) is 25.8. The Hall–Kier alpha value is 0.870. The van der Waals surface area contributed by atoms with E-state index in [0.29, 0.717) is 0 Å². The molecule has 0 radical (unpaired) electrons.